The number of nitrogens with one attached hydrogen (secondary N) is 2. The number of nitrogens with zero attached hydrogens (tertiary/aromatic N) is 2. The van der Waals surface area contributed by atoms with Crippen molar-refractivity contribution in [2.45, 2.75) is 24.9 Å². The number of anilines is 2. The second-order valence-electron chi connectivity index (χ2n) is 7.38. The number of amidine groups is 1. The number of fused-ring (bicyclic) bond motifs is 1. The van der Waals surface area contributed by atoms with Crippen molar-refractivity contribution in [3.63, 3.8) is 0 Å². The number of para-hydroxylation sites is 2. The Morgan fingerprint density at radius 1 is 1.14 bits per heavy atom. The zero-order valence-electron chi connectivity index (χ0n) is 16.1. The van der Waals surface area contributed by atoms with Crippen LogP contribution in [0, 0.1) is 0 Å². The van der Waals surface area contributed by atoms with Gasteiger partial charge in [-0.25, -0.2) is 0 Å². The van der Waals surface area contributed by atoms with Crippen LogP contribution in [0.4, 0.5) is 11.4 Å². The third kappa shape index (κ3) is 3.73. The van der Waals surface area contributed by atoms with Crippen LogP contribution in [0.3, 0.4) is 0 Å². The molecule has 0 saturated carbocycles. The monoisotopic (exact) mass is 378 g/mol. The molecule has 1 amide bonds. The Morgan fingerprint density at radius 2 is 1.89 bits per heavy atom. The first kappa shape index (κ1) is 18.5. The normalized spacial score (nSPS) is 22.5. The highest BCUT2D eigenvalue weighted by Gasteiger charge is 2.44. The lowest BCUT2D eigenvalue weighted by Gasteiger charge is -2.47. The van der Waals surface area contributed by atoms with Crippen LogP contribution >= 0.6 is 0 Å². The van der Waals surface area contributed by atoms with E-state index in [1.54, 1.807) is 7.11 Å². The number of methoxy groups -OCH3 is 1. The smallest absolute Gasteiger partial charge is 0.248 e. The molecule has 1 spiro atoms. The molecule has 6 nitrogen and oxygen atoms in total. The number of hydrogen-bond donors (Lipinski definition) is 2. The van der Waals surface area contributed by atoms with E-state index >= 15 is 0 Å². The zero-order chi connectivity index (χ0) is 19.4. The molecule has 1 saturated heterocycles. The quantitative estimate of drug-likeness (QED) is 0.858. The maximum atomic E-state index is 12.5. The molecule has 2 heterocycles. The average Bonchev–Trinajstić information content (AvgIpc) is 2.73. The van der Waals surface area contributed by atoms with E-state index in [9.17, 15) is 4.79 Å². The summed E-state index contributed by atoms with van der Waals surface area (Å²) in [6.45, 7) is 2.03. The van der Waals surface area contributed by atoms with Gasteiger partial charge in [0.1, 0.15) is 18.0 Å². The molecule has 6 heteroatoms. The maximum absolute atomic E-state index is 12.5. The summed E-state index contributed by atoms with van der Waals surface area (Å²) in [5.41, 5.74) is 2.81. The summed E-state index contributed by atoms with van der Waals surface area (Å²) in [5.74, 6) is 0.912. The van der Waals surface area contributed by atoms with Gasteiger partial charge in [-0.2, -0.15) is 0 Å². The fourth-order valence-corrected chi connectivity index (χ4v) is 3.99. The van der Waals surface area contributed by atoms with Gasteiger partial charge in [-0.05, 0) is 30.5 Å². The van der Waals surface area contributed by atoms with Crippen LogP contribution < -0.4 is 10.6 Å². The van der Waals surface area contributed by atoms with Crippen molar-refractivity contribution in [1.29, 1.82) is 0 Å². The standard InChI is InChI=1S/C22H26N4O2/c1-28-15-20(27)26-13-7-12-22(16-26)21(23-14-17-8-3-2-4-9-17)24-18-10-5-6-11-19(18)25-22/h2-6,8-11,25H,7,12-16H2,1H3,(H,23,24)/t22-/m0/s1. The minimum Gasteiger partial charge on any atom is -0.375 e. The summed E-state index contributed by atoms with van der Waals surface area (Å²) >= 11 is 0. The van der Waals surface area contributed by atoms with E-state index in [1.165, 1.54) is 0 Å². The number of carbonyl (C=O) groups excluding carboxylic acids is 1. The number of benzene rings is 2. The van der Waals surface area contributed by atoms with E-state index in [4.69, 9.17) is 9.73 Å². The Kier molecular flexibility index (Phi) is 5.30. The Balaban J connectivity index is 1.66. The van der Waals surface area contributed by atoms with Crippen LogP contribution in [0.25, 0.3) is 0 Å². The Labute approximate surface area is 165 Å². The van der Waals surface area contributed by atoms with Crippen LogP contribution in [0.5, 0.6) is 0 Å². The number of likely N-dealkylation sites (tertiary alicyclic amines) is 1. The molecular weight excluding hydrogens is 352 g/mol. The summed E-state index contributed by atoms with van der Waals surface area (Å²) in [6.07, 6.45) is 1.83. The van der Waals surface area contributed by atoms with Gasteiger partial charge in [-0.3, -0.25) is 9.79 Å². The average molecular weight is 378 g/mol. The summed E-state index contributed by atoms with van der Waals surface area (Å²) < 4.78 is 5.06. The van der Waals surface area contributed by atoms with Crippen LogP contribution in [-0.2, 0) is 16.1 Å². The van der Waals surface area contributed by atoms with Gasteiger partial charge in [0.15, 0.2) is 0 Å². The van der Waals surface area contributed by atoms with Gasteiger partial charge in [-0.1, -0.05) is 42.5 Å². The minimum absolute atomic E-state index is 0.0182. The largest absolute Gasteiger partial charge is 0.375 e. The molecule has 2 aliphatic rings. The molecule has 0 bridgehead atoms. The molecular formula is C22H26N4O2. The number of aliphatic imine (C=N–C) groups is 1. The molecule has 2 aromatic rings. The first-order chi connectivity index (χ1) is 13.7. The number of piperidine rings is 1. The van der Waals surface area contributed by atoms with Crippen LogP contribution in [0.2, 0.25) is 0 Å². The van der Waals surface area contributed by atoms with Crippen LogP contribution in [-0.4, -0.2) is 49.0 Å². The molecule has 0 aromatic heterocycles. The molecule has 1 atom stereocenters. The minimum atomic E-state index is -0.412. The van der Waals surface area contributed by atoms with E-state index in [-0.39, 0.29) is 12.5 Å². The van der Waals surface area contributed by atoms with Gasteiger partial charge in [0.05, 0.1) is 24.5 Å². The van der Waals surface area contributed by atoms with Crippen molar-refractivity contribution in [3.8, 4) is 0 Å². The van der Waals surface area contributed by atoms with Crippen molar-refractivity contribution in [2.75, 3.05) is 37.4 Å². The molecule has 146 valence electrons. The molecule has 2 aliphatic heterocycles. The highest BCUT2D eigenvalue weighted by atomic mass is 16.5. The summed E-state index contributed by atoms with van der Waals surface area (Å²) in [6, 6.07) is 18.4. The van der Waals surface area contributed by atoms with Crippen molar-refractivity contribution < 1.29 is 9.53 Å². The molecule has 0 aliphatic carbocycles. The second kappa shape index (κ2) is 8.02. The topological polar surface area (TPSA) is 66.0 Å². The summed E-state index contributed by atoms with van der Waals surface area (Å²) in [7, 11) is 1.56. The lowest BCUT2D eigenvalue weighted by atomic mass is 9.85. The predicted octanol–water partition coefficient (Wildman–Crippen LogP) is 3.13. The number of hydrogen-bond acceptors (Lipinski definition) is 4. The van der Waals surface area contributed by atoms with Gasteiger partial charge in [0, 0.05) is 13.7 Å². The van der Waals surface area contributed by atoms with Crippen molar-refractivity contribution in [3.05, 3.63) is 60.2 Å². The number of carbonyl (C=O) groups is 1. The Hall–Kier alpha value is -2.86. The van der Waals surface area contributed by atoms with E-state index in [0.29, 0.717) is 13.1 Å². The van der Waals surface area contributed by atoms with Crippen molar-refractivity contribution >= 4 is 23.1 Å². The lowest BCUT2D eigenvalue weighted by Crippen LogP contribution is -2.62. The molecule has 2 aromatic carbocycles. The van der Waals surface area contributed by atoms with E-state index in [2.05, 4.69) is 28.8 Å². The first-order valence-corrected chi connectivity index (χ1v) is 9.70. The highest BCUT2D eigenvalue weighted by molar-refractivity contribution is 6.10. The molecule has 1 fully saturated rings. The van der Waals surface area contributed by atoms with Gasteiger partial charge in [-0.15, -0.1) is 0 Å². The van der Waals surface area contributed by atoms with Gasteiger partial charge in [0.2, 0.25) is 5.91 Å². The molecule has 2 N–H and O–H groups in total. The maximum Gasteiger partial charge on any atom is 0.248 e. The third-order valence-electron chi connectivity index (χ3n) is 5.38. The van der Waals surface area contributed by atoms with E-state index < -0.39 is 5.54 Å². The van der Waals surface area contributed by atoms with E-state index in [0.717, 1.165) is 42.2 Å². The van der Waals surface area contributed by atoms with Crippen molar-refractivity contribution in [1.82, 2.24) is 4.90 Å². The van der Waals surface area contributed by atoms with Crippen LogP contribution in [0.15, 0.2) is 59.6 Å². The Bertz CT molecular complexity index is 868. The number of ether oxygens (including phenoxy) is 1. The Morgan fingerprint density at radius 3 is 2.68 bits per heavy atom. The second-order valence-corrected chi connectivity index (χ2v) is 7.38. The van der Waals surface area contributed by atoms with Crippen LogP contribution in [0.1, 0.15) is 18.4 Å². The molecule has 0 radical (unpaired) electrons. The van der Waals surface area contributed by atoms with Crippen molar-refractivity contribution in [2.24, 2.45) is 4.99 Å². The van der Waals surface area contributed by atoms with Gasteiger partial charge < -0.3 is 20.3 Å². The predicted molar refractivity (Wildman–Crippen MR) is 112 cm³/mol. The molecule has 28 heavy (non-hydrogen) atoms. The molecule has 4 rings (SSSR count). The van der Waals surface area contributed by atoms with Gasteiger partial charge in [0.25, 0.3) is 0 Å². The highest BCUT2D eigenvalue weighted by Crippen LogP contribution is 2.36. The lowest BCUT2D eigenvalue weighted by molar-refractivity contribution is -0.136. The van der Waals surface area contributed by atoms with Gasteiger partial charge >= 0.3 is 0 Å². The van der Waals surface area contributed by atoms with E-state index in [1.807, 2.05) is 41.3 Å². The summed E-state index contributed by atoms with van der Waals surface area (Å²) in [5, 5.41) is 7.24. The SMILES string of the molecule is COCC(=O)N1CCC[C@@]2(C1)Nc1ccccc1NC2=NCc1ccccc1. The summed E-state index contributed by atoms with van der Waals surface area (Å²) in [4.78, 5) is 19.3. The first-order valence-electron chi connectivity index (χ1n) is 9.70. The molecule has 0 unspecified atom stereocenters. The zero-order valence-corrected chi connectivity index (χ0v) is 16.1. The number of rotatable bonds is 4. The fourth-order valence-electron chi connectivity index (χ4n) is 3.99. The fraction of sp³-hybridized carbons (Fsp3) is 0.364. The third-order valence-corrected chi connectivity index (χ3v) is 5.38. The number of amides is 1.